The van der Waals surface area contributed by atoms with Gasteiger partial charge in [0.15, 0.2) is 0 Å². The molecule has 2 aromatic carbocycles. The summed E-state index contributed by atoms with van der Waals surface area (Å²) in [5.74, 6) is -0.279. The van der Waals surface area contributed by atoms with Gasteiger partial charge in [-0.2, -0.15) is 9.78 Å². The Hall–Kier alpha value is -2.58. The maximum absolute atomic E-state index is 14.5. The number of anilines is 1. The van der Waals surface area contributed by atoms with Crippen LogP contribution < -0.4 is 5.32 Å². The molecule has 1 N–H and O–H groups in total. The molecular weight excluding hydrogens is 443 g/mol. The average molecular weight is 457 g/mol. The van der Waals surface area contributed by atoms with Gasteiger partial charge in [0.25, 0.3) is 0 Å². The monoisotopic (exact) mass is 456 g/mol. The SMILES string of the molecule is Cc1nn(-c2nc3ccc(Br)cc3s2)c2c1[C@@H](c1ccccc1F)CC(=O)N2. The second-order valence-electron chi connectivity index (χ2n) is 6.69. The minimum absolute atomic E-state index is 0.161. The normalized spacial score (nSPS) is 16.2. The van der Waals surface area contributed by atoms with E-state index in [1.165, 1.54) is 17.4 Å². The summed E-state index contributed by atoms with van der Waals surface area (Å²) in [4.78, 5) is 17.1. The van der Waals surface area contributed by atoms with Gasteiger partial charge >= 0.3 is 0 Å². The molecule has 0 unspecified atom stereocenters. The largest absolute Gasteiger partial charge is 0.310 e. The number of rotatable bonds is 2. The highest BCUT2D eigenvalue weighted by Gasteiger charge is 2.34. The molecule has 5 nitrogen and oxygen atoms in total. The second kappa shape index (κ2) is 6.49. The third kappa shape index (κ3) is 2.75. The van der Waals surface area contributed by atoms with E-state index >= 15 is 0 Å². The highest BCUT2D eigenvalue weighted by Crippen LogP contribution is 2.41. The van der Waals surface area contributed by atoms with Crippen molar-refractivity contribution in [2.75, 3.05) is 5.32 Å². The first-order valence-electron chi connectivity index (χ1n) is 8.71. The van der Waals surface area contributed by atoms with Crippen molar-refractivity contribution in [1.82, 2.24) is 14.8 Å². The van der Waals surface area contributed by atoms with Crippen molar-refractivity contribution in [1.29, 1.82) is 0 Å². The van der Waals surface area contributed by atoms with E-state index in [4.69, 9.17) is 0 Å². The number of aromatic nitrogens is 3. The summed E-state index contributed by atoms with van der Waals surface area (Å²) in [6, 6.07) is 12.5. The third-order valence-electron chi connectivity index (χ3n) is 4.90. The summed E-state index contributed by atoms with van der Waals surface area (Å²) in [5, 5.41) is 8.21. The van der Waals surface area contributed by atoms with Gasteiger partial charge in [-0.05, 0) is 36.8 Å². The van der Waals surface area contributed by atoms with E-state index < -0.39 is 0 Å². The maximum atomic E-state index is 14.5. The number of nitrogens with one attached hydrogen (secondary N) is 1. The minimum atomic E-state index is -0.373. The van der Waals surface area contributed by atoms with Gasteiger partial charge in [-0.3, -0.25) is 4.79 Å². The predicted octanol–water partition coefficient (Wildman–Crippen LogP) is 5.17. The molecule has 0 fully saturated rings. The number of carbonyl (C=O) groups excluding carboxylic acids is 1. The minimum Gasteiger partial charge on any atom is -0.310 e. The van der Waals surface area contributed by atoms with E-state index in [1.54, 1.807) is 22.9 Å². The van der Waals surface area contributed by atoms with Gasteiger partial charge in [0.2, 0.25) is 11.0 Å². The molecule has 2 aromatic heterocycles. The van der Waals surface area contributed by atoms with E-state index in [-0.39, 0.29) is 24.1 Å². The van der Waals surface area contributed by atoms with Crippen LogP contribution in [0.15, 0.2) is 46.9 Å². The molecule has 1 amide bonds. The fraction of sp³-hybridized carbons (Fsp3) is 0.150. The van der Waals surface area contributed by atoms with Crippen LogP contribution in [-0.2, 0) is 4.79 Å². The van der Waals surface area contributed by atoms with Crippen molar-refractivity contribution in [3.05, 3.63) is 69.6 Å². The molecule has 0 saturated heterocycles. The Balaban J connectivity index is 1.69. The van der Waals surface area contributed by atoms with E-state index in [0.717, 1.165) is 25.9 Å². The van der Waals surface area contributed by atoms with Crippen LogP contribution in [0.1, 0.15) is 29.2 Å². The van der Waals surface area contributed by atoms with Crippen molar-refractivity contribution in [3.8, 4) is 5.13 Å². The number of halogens is 2. The average Bonchev–Trinajstić information content (AvgIpc) is 3.22. The summed E-state index contributed by atoms with van der Waals surface area (Å²) >= 11 is 4.96. The van der Waals surface area contributed by atoms with Crippen LogP contribution >= 0.6 is 27.3 Å². The molecule has 1 aliphatic heterocycles. The van der Waals surface area contributed by atoms with Crippen LogP contribution in [0.5, 0.6) is 0 Å². The molecule has 0 bridgehead atoms. The van der Waals surface area contributed by atoms with Gasteiger partial charge in [-0.25, -0.2) is 9.37 Å². The number of thiazole rings is 1. The summed E-state index contributed by atoms with van der Waals surface area (Å²) in [7, 11) is 0. The molecule has 0 spiro atoms. The molecule has 1 atom stereocenters. The van der Waals surface area contributed by atoms with Crippen molar-refractivity contribution >= 4 is 49.2 Å². The second-order valence-corrected chi connectivity index (χ2v) is 8.62. The first-order valence-corrected chi connectivity index (χ1v) is 10.3. The lowest BCUT2D eigenvalue weighted by Gasteiger charge is -2.24. The Labute approximate surface area is 172 Å². The topological polar surface area (TPSA) is 59.8 Å². The molecule has 0 saturated carbocycles. The molecule has 5 rings (SSSR count). The Kier molecular flexibility index (Phi) is 4.06. The van der Waals surface area contributed by atoms with Crippen LogP contribution in [-0.4, -0.2) is 20.7 Å². The van der Waals surface area contributed by atoms with Crippen LogP contribution in [0.2, 0.25) is 0 Å². The van der Waals surface area contributed by atoms with Gasteiger partial charge in [-0.1, -0.05) is 45.5 Å². The standard InChI is InChI=1S/C20H14BrFN4OS/c1-10-18-13(12-4-2-3-5-14(12)22)9-17(27)24-19(18)26(25-10)20-23-15-7-6-11(21)8-16(15)28-20/h2-8,13H,9H2,1H3,(H,24,27)/t13-/m1/s1. The van der Waals surface area contributed by atoms with Crippen molar-refractivity contribution in [2.45, 2.75) is 19.3 Å². The van der Waals surface area contributed by atoms with Crippen molar-refractivity contribution in [3.63, 3.8) is 0 Å². The number of carbonyl (C=O) groups is 1. The van der Waals surface area contributed by atoms with Gasteiger partial charge in [0.05, 0.1) is 15.9 Å². The molecule has 28 heavy (non-hydrogen) atoms. The number of amides is 1. The number of nitrogens with zero attached hydrogens (tertiary/aromatic N) is 3. The Bertz CT molecular complexity index is 1250. The Morgan fingerprint density at radius 2 is 2.11 bits per heavy atom. The van der Waals surface area contributed by atoms with Gasteiger partial charge in [0, 0.05) is 22.4 Å². The van der Waals surface area contributed by atoms with Crippen LogP contribution in [0, 0.1) is 12.7 Å². The third-order valence-corrected chi connectivity index (χ3v) is 6.39. The highest BCUT2D eigenvalue weighted by atomic mass is 79.9. The van der Waals surface area contributed by atoms with Gasteiger partial charge in [-0.15, -0.1) is 0 Å². The van der Waals surface area contributed by atoms with Crippen LogP contribution in [0.3, 0.4) is 0 Å². The molecule has 1 aliphatic rings. The molecule has 3 heterocycles. The zero-order valence-corrected chi connectivity index (χ0v) is 17.1. The van der Waals surface area contributed by atoms with E-state index in [1.807, 2.05) is 25.1 Å². The maximum Gasteiger partial charge on any atom is 0.226 e. The molecule has 8 heteroatoms. The Morgan fingerprint density at radius 3 is 2.93 bits per heavy atom. The quantitative estimate of drug-likeness (QED) is 0.452. The fourth-order valence-electron chi connectivity index (χ4n) is 3.69. The summed E-state index contributed by atoms with van der Waals surface area (Å²) in [6.07, 6.45) is 0.188. The van der Waals surface area contributed by atoms with E-state index in [0.29, 0.717) is 16.5 Å². The summed E-state index contributed by atoms with van der Waals surface area (Å²) in [5.41, 5.74) is 2.96. The number of fused-ring (bicyclic) bond motifs is 2. The molecule has 4 aromatic rings. The number of hydrogen-bond donors (Lipinski definition) is 1. The zero-order chi connectivity index (χ0) is 19.4. The summed E-state index contributed by atoms with van der Waals surface area (Å²) < 4.78 is 18.1. The van der Waals surface area contributed by atoms with Crippen molar-refractivity contribution in [2.24, 2.45) is 0 Å². The predicted molar refractivity (Wildman–Crippen MR) is 111 cm³/mol. The first-order chi connectivity index (χ1) is 13.5. The van der Waals surface area contributed by atoms with Crippen LogP contribution in [0.4, 0.5) is 10.2 Å². The highest BCUT2D eigenvalue weighted by molar-refractivity contribution is 9.10. The van der Waals surface area contributed by atoms with Gasteiger partial charge in [0.1, 0.15) is 11.6 Å². The van der Waals surface area contributed by atoms with E-state index in [2.05, 4.69) is 31.3 Å². The van der Waals surface area contributed by atoms with Crippen LogP contribution in [0.25, 0.3) is 15.3 Å². The molecule has 140 valence electrons. The summed E-state index contributed by atoms with van der Waals surface area (Å²) in [6.45, 7) is 1.88. The Morgan fingerprint density at radius 1 is 1.29 bits per heavy atom. The lowest BCUT2D eigenvalue weighted by Crippen LogP contribution is -2.25. The number of benzene rings is 2. The zero-order valence-electron chi connectivity index (χ0n) is 14.7. The van der Waals surface area contributed by atoms with E-state index in [9.17, 15) is 9.18 Å². The first kappa shape index (κ1) is 17.5. The van der Waals surface area contributed by atoms with Gasteiger partial charge < -0.3 is 5.32 Å². The number of hydrogen-bond acceptors (Lipinski definition) is 4. The fourth-order valence-corrected chi connectivity index (χ4v) is 5.16. The number of aryl methyl sites for hydroxylation is 1. The molecule has 0 radical (unpaired) electrons. The smallest absolute Gasteiger partial charge is 0.226 e. The van der Waals surface area contributed by atoms with Crippen molar-refractivity contribution < 1.29 is 9.18 Å². The molecule has 0 aliphatic carbocycles. The molecular formula is C20H14BrFN4OS. The lowest BCUT2D eigenvalue weighted by molar-refractivity contribution is -0.116. The lowest BCUT2D eigenvalue weighted by atomic mass is 9.85.